The van der Waals surface area contributed by atoms with Gasteiger partial charge in [-0.3, -0.25) is 4.68 Å². The van der Waals surface area contributed by atoms with Gasteiger partial charge in [0.15, 0.2) is 0 Å². The third-order valence-electron chi connectivity index (χ3n) is 3.14. The lowest BCUT2D eigenvalue weighted by Gasteiger charge is -2.01. The normalized spacial score (nSPS) is 15.8. The molecule has 0 bridgehead atoms. The fraction of sp³-hybridized carbons (Fsp3) is 0.462. The molecule has 2 heterocycles. The molecule has 7 heteroatoms. The summed E-state index contributed by atoms with van der Waals surface area (Å²) in [4.78, 5) is 2.21. The molecule has 1 fully saturated rings. The van der Waals surface area contributed by atoms with Gasteiger partial charge in [0.25, 0.3) is 0 Å². The fourth-order valence-corrected chi connectivity index (χ4v) is 2.85. The zero-order valence-electron chi connectivity index (χ0n) is 10.7. The molecule has 0 unspecified atom stereocenters. The minimum absolute atomic E-state index is 0.379. The standard InChI is InChI=1S/C13H14F3N3S/c14-13(15,16)9-5-18-19(7-9)8-12-4-3-11(20-12)6-17-10-1-2-10/h3-5,7,10,17H,1-2,6,8H2. The first-order valence-corrected chi connectivity index (χ1v) is 7.23. The largest absolute Gasteiger partial charge is 0.419 e. The van der Waals surface area contributed by atoms with Crippen LogP contribution in [0.2, 0.25) is 0 Å². The minimum Gasteiger partial charge on any atom is -0.309 e. The van der Waals surface area contributed by atoms with E-state index in [0.717, 1.165) is 23.8 Å². The number of aromatic nitrogens is 2. The molecule has 2 aromatic heterocycles. The Morgan fingerprint density at radius 1 is 1.30 bits per heavy atom. The number of halogens is 3. The van der Waals surface area contributed by atoms with Gasteiger partial charge in [-0.2, -0.15) is 18.3 Å². The highest BCUT2D eigenvalue weighted by Crippen LogP contribution is 2.29. The monoisotopic (exact) mass is 301 g/mol. The lowest BCUT2D eigenvalue weighted by atomic mass is 10.3. The average molecular weight is 301 g/mol. The second kappa shape index (κ2) is 5.21. The van der Waals surface area contributed by atoms with Crippen molar-refractivity contribution in [1.29, 1.82) is 0 Å². The molecule has 0 amide bonds. The third kappa shape index (κ3) is 3.40. The average Bonchev–Trinajstić information content (AvgIpc) is 2.89. The summed E-state index contributed by atoms with van der Waals surface area (Å²) in [5.74, 6) is 0. The van der Waals surface area contributed by atoms with Crippen LogP contribution < -0.4 is 5.32 Å². The molecule has 1 saturated carbocycles. The van der Waals surface area contributed by atoms with Crippen molar-refractivity contribution in [2.24, 2.45) is 0 Å². The van der Waals surface area contributed by atoms with Crippen molar-refractivity contribution in [3.63, 3.8) is 0 Å². The summed E-state index contributed by atoms with van der Waals surface area (Å²) in [7, 11) is 0. The third-order valence-corrected chi connectivity index (χ3v) is 4.21. The summed E-state index contributed by atoms with van der Waals surface area (Å²) < 4.78 is 38.7. The quantitative estimate of drug-likeness (QED) is 0.918. The molecule has 0 aromatic carbocycles. The van der Waals surface area contributed by atoms with Gasteiger partial charge in [-0.1, -0.05) is 0 Å². The van der Waals surface area contributed by atoms with E-state index in [-0.39, 0.29) is 0 Å². The molecule has 0 atom stereocenters. The molecule has 1 aliphatic carbocycles. The van der Waals surface area contributed by atoms with Crippen LogP contribution in [0.4, 0.5) is 13.2 Å². The number of nitrogens with one attached hydrogen (secondary N) is 1. The predicted octanol–water partition coefficient (Wildman–Crippen LogP) is 3.26. The summed E-state index contributed by atoms with van der Waals surface area (Å²) in [6.07, 6.45) is 0.0650. The van der Waals surface area contributed by atoms with Crippen molar-refractivity contribution in [3.8, 4) is 0 Å². The van der Waals surface area contributed by atoms with Gasteiger partial charge >= 0.3 is 6.18 Å². The van der Waals surface area contributed by atoms with E-state index in [1.54, 1.807) is 11.3 Å². The molecule has 2 aromatic rings. The number of rotatable bonds is 5. The van der Waals surface area contributed by atoms with Crippen LogP contribution in [0, 0.1) is 0 Å². The minimum atomic E-state index is -4.33. The van der Waals surface area contributed by atoms with Crippen molar-refractivity contribution < 1.29 is 13.2 Å². The summed E-state index contributed by atoms with van der Waals surface area (Å²) in [5.41, 5.74) is -0.704. The Morgan fingerprint density at radius 3 is 2.70 bits per heavy atom. The molecule has 0 radical (unpaired) electrons. The predicted molar refractivity (Wildman–Crippen MR) is 70.5 cm³/mol. The summed E-state index contributed by atoms with van der Waals surface area (Å²) >= 11 is 1.61. The molecule has 20 heavy (non-hydrogen) atoms. The number of nitrogens with zero attached hydrogens (tertiary/aromatic N) is 2. The van der Waals surface area contributed by atoms with Gasteiger partial charge in [0.05, 0.1) is 18.3 Å². The number of alkyl halides is 3. The van der Waals surface area contributed by atoms with Crippen molar-refractivity contribution in [2.75, 3.05) is 0 Å². The highest BCUT2D eigenvalue weighted by Gasteiger charge is 2.32. The van der Waals surface area contributed by atoms with Crippen LogP contribution in [0.1, 0.15) is 28.2 Å². The lowest BCUT2D eigenvalue weighted by molar-refractivity contribution is -0.137. The van der Waals surface area contributed by atoms with Crippen molar-refractivity contribution in [3.05, 3.63) is 39.8 Å². The summed E-state index contributed by atoms with van der Waals surface area (Å²) in [6.45, 7) is 1.21. The highest BCUT2D eigenvalue weighted by atomic mass is 32.1. The number of hydrogen-bond donors (Lipinski definition) is 1. The Kier molecular flexibility index (Phi) is 3.55. The van der Waals surface area contributed by atoms with Crippen LogP contribution in [0.25, 0.3) is 0 Å². The highest BCUT2D eigenvalue weighted by molar-refractivity contribution is 7.11. The Bertz CT molecular complexity index is 584. The van der Waals surface area contributed by atoms with Crippen LogP contribution in [0.15, 0.2) is 24.5 Å². The SMILES string of the molecule is FC(F)(F)c1cnn(Cc2ccc(CNC3CC3)s2)c1. The van der Waals surface area contributed by atoms with Gasteiger partial charge in [-0.15, -0.1) is 11.3 Å². The lowest BCUT2D eigenvalue weighted by Crippen LogP contribution is -2.14. The van der Waals surface area contributed by atoms with E-state index in [1.807, 2.05) is 12.1 Å². The second-order valence-electron chi connectivity index (χ2n) is 4.95. The van der Waals surface area contributed by atoms with Crippen molar-refractivity contribution in [2.45, 2.75) is 38.1 Å². The molecule has 0 spiro atoms. The Labute approximate surface area is 118 Å². The van der Waals surface area contributed by atoms with Gasteiger partial charge in [-0.25, -0.2) is 0 Å². The van der Waals surface area contributed by atoms with E-state index in [2.05, 4.69) is 10.4 Å². The van der Waals surface area contributed by atoms with Gasteiger partial charge in [0.1, 0.15) is 0 Å². The zero-order valence-corrected chi connectivity index (χ0v) is 11.5. The topological polar surface area (TPSA) is 29.9 Å². The van der Waals surface area contributed by atoms with Gasteiger partial charge in [0, 0.05) is 28.5 Å². The van der Waals surface area contributed by atoms with Crippen LogP contribution >= 0.6 is 11.3 Å². The zero-order chi connectivity index (χ0) is 14.2. The summed E-state index contributed by atoms with van der Waals surface area (Å²) in [5, 5.41) is 7.17. The first kappa shape index (κ1) is 13.6. The van der Waals surface area contributed by atoms with E-state index in [1.165, 1.54) is 22.4 Å². The van der Waals surface area contributed by atoms with E-state index in [0.29, 0.717) is 12.6 Å². The Balaban J connectivity index is 1.60. The van der Waals surface area contributed by atoms with Crippen molar-refractivity contribution in [1.82, 2.24) is 15.1 Å². The van der Waals surface area contributed by atoms with Crippen molar-refractivity contribution >= 4 is 11.3 Å². The van der Waals surface area contributed by atoms with Crippen LogP contribution in [-0.2, 0) is 19.3 Å². The maximum absolute atomic E-state index is 12.5. The second-order valence-corrected chi connectivity index (χ2v) is 6.20. The first-order chi connectivity index (χ1) is 9.50. The smallest absolute Gasteiger partial charge is 0.309 e. The number of thiophene rings is 1. The van der Waals surface area contributed by atoms with E-state index < -0.39 is 11.7 Å². The van der Waals surface area contributed by atoms with E-state index in [4.69, 9.17) is 0 Å². The molecular weight excluding hydrogens is 287 g/mol. The van der Waals surface area contributed by atoms with E-state index >= 15 is 0 Å². The van der Waals surface area contributed by atoms with E-state index in [9.17, 15) is 13.2 Å². The van der Waals surface area contributed by atoms with Gasteiger partial charge in [0.2, 0.25) is 0 Å². The van der Waals surface area contributed by atoms with Crippen LogP contribution in [-0.4, -0.2) is 15.8 Å². The first-order valence-electron chi connectivity index (χ1n) is 6.41. The van der Waals surface area contributed by atoms with Gasteiger partial charge in [-0.05, 0) is 25.0 Å². The molecule has 0 saturated heterocycles. The maximum atomic E-state index is 12.5. The molecule has 0 aliphatic heterocycles. The molecule has 1 aliphatic rings. The Hall–Kier alpha value is -1.34. The molecule has 1 N–H and O–H groups in total. The number of hydrogen-bond acceptors (Lipinski definition) is 3. The fourth-order valence-electron chi connectivity index (χ4n) is 1.89. The van der Waals surface area contributed by atoms with Crippen LogP contribution in [0.5, 0.6) is 0 Å². The molecule has 3 nitrogen and oxygen atoms in total. The van der Waals surface area contributed by atoms with Gasteiger partial charge < -0.3 is 5.32 Å². The molecule has 108 valence electrons. The maximum Gasteiger partial charge on any atom is 0.419 e. The summed E-state index contributed by atoms with van der Waals surface area (Å²) in [6, 6.07) is 4.62. The van der Waals surface area contributed by atoms with Crippen LogP contribution in [0.3, 0.4) is 0 Å². The Morgan fingerprint density at radius 2 is 2.05 bits per heavy atom. The molecular formula is C13H14F3N3S. The molecule has 3 rings (SSSR count).